The summed E-state index contributed by atoms with van der Waals surface area (Å²) in [5, 5.41) is 23.1. The minimum atomic E-state index is -0.670. The lowest BCUT2D eigenvalue weighted by Crippen LogP contribution is -2.45. The van der Waals surface area contributed by atoms with Crippen LogP contribution in [-0.4, -0.2) is 47.4 Å². The van der Waals surface area contributed by atoms with E-state index < -0.39 is 12.1 Å². The standard InChI is InChI=1S/C59H109NO5/c1-3-5-7-9-11-13-15-16-17-18-20-24-27-30-33-37-41-45-49-53-59(64)65-54-50-46-42-38-34-31-28-25-22-19-21-23-26-29-32-36-40-44-48-52-58(63)60-56(55-61)57(62)51-47-43-39-35-14-12-10-8-6-4-2/h11,13,16-17,25,28,31,34,56-57,61-62H,3-10,12,14-15,18-24,26-27,29-30,32-33,35-55H2,1-2H3,(H,60,63)/b13-11-,17-16-,28-25-,34-31-. The van der Waals surface area contributed by atoms with E-state index in [1.54, 1.807) is 0 Å². The SMILES string of the molecule is CCCCC/C=C\C/C=C\CCCCCCCCCCCC(=O)OCCCCC/C=C\C=C/CCCCCCCCCCCCC(=O)NC(CO)C(O)CCCCCCCCCCCC. The molecule has 1 amide bonds. The van der Waals surface area contributed by atoms with Crippen molar-refractivity contribution >= 4 is 11.9 Å². The molecule has 0 aliphatic carbocycles. The van der Waals surface area contributed by atoms with Crippen LogP contribution in [0.1, 0.15) is 290 Å². The molecular weight excluding hydrogens is 803 g/mol. The van der Waals surface area contributed by atoms with Gasteiger partial charge in [0.1, 0.15) is 0 Å². The number of ether oxygens (including phenoxy) is 1. The van der Waals surface area contributed by atoms with Crippen molar-refractivity contribution in [1.29, 1.82) is 0 Å². The summed E-state index contributed by atoms with van der Waals surface area (Å²) in [5.74, 6) is -0.0652. The Bertz CT molecular complexity index is 1100. The molecule has 6 heteroatoms. The number of carbonyl (C=O) groups is 2. The number of unbranched alkanes of at least 4 members (excludes halogenated alkanes) is 34. The number of nitrogens with one attached hydrogen (secondary N) is 1. The molecule has 2 atom stereocenters. The predicted molar refractivity (Wildman–Crippen MR) is 282 cm³/mol. The molecule has 0 spiro atoms. The Morgan fingerprint density at radius 1 is 0.446 bits per heavy atom. The van der Waals surface area contributed by atoms with Gasteiger partial charge in [0, 0.05) is 12.8 Å². The van der Waals surface area contributed by atoms with Crippen LogP contribution in [0.4, 0.5) is 0 Å². The molecule has 0 radical (unpaired) electrons. The van der Waals surface area contributed by atoms with Crippen molar-refractivity contribution in [2.75, 3.05) is 13.2 Å². The van der Waals surface area contributed by atoms with Crippen LogP contribution < -0.4 is 5.32 Å². The Balaban J connectivity index is 3.46. The number of hydrogen-bond acceptors (Lipinski definition) is 5. The number of hydrogen-bond donors (Lipinski definition) is 3. The summed E-state index contributed by atoms with van der Waals surface area (Å²) in [6, 6.07) is -0.548. The summed E-state index contributed by atoms with van der Waals surface area (Å²) in [7, 11) is 0. The molecule has 0 saturated carbocycles. The van der Waals surface area contributed by atoms with E-state index >= 15 is 0 Å². The molecule has 0 aliphatic heterocycles. The molecule has 3 N–H and O–H groups in total. The Morgan fingerprint density at radius 3 is 1.29 bits per heavy atom. The first-order valence-electron chi connectivity index (χ1n) is 28.4. The quantitative estimate of drug-likeness (QED) is 0.0245. The molecule has 0 heterocycles. The van der Waals surface area contributed by atoms with Crippen LogP contribution in [0, 0.1) is 0 Å². The van der Waals surface area contributed by atoms with Gasteiger partial charge in [0.2, 0.25) is 5.91 Å². The van der Waals surface area contributed by atoms with Crippen LogP contribution in [0.25, 0.3) is 0 Å². The highest BCUT2D eigenvalue weighted by Crippen LogP contribution is 2.16. The predicted octanol–water partition coefficient (Wildman–Crippen LogP) is 17.4. The molecule has 0 aromatic rings. The largest absolute Gasteiger partial charge is 0.466 e. The fraction of sp³-hybridized carbons (Fsp3) is 0.831. The van der Waals surface area contributed by atoms with Gasteiger partial charge in [-0.2, -0.15) is 0 Å². The molecule has 0 aromatic carbocycles. The van der Waals surface area contributed by atoms with Crippen LogP contribution in [0.5, 0.6) is 0 Å². The molecule has 65 heavy (non-hydrogen) atoms. The van der Waals surface area contributed by atoms with E-state index in [0.717, 1.165) is 77.0 Å². The van der Waals surface area contributed by atoms with Crippen molar-refractivity contribution in [2.45, 2.75) is 302 Å². The third-order valence-electron chi connectivity index (χ3n) is 12.9. The first-order valence-corrected chi connectivity index (χ1v) is 28.4. The van der Waals surface area contributed by atoms with E-state index in [2.05, 4.69) is 67.8 Å². The zero-order chi connectivity index (χ0) is 47.2. The van der Waals surface area contributed by atoms with Crippen molar-refractivity contribution in [3.8, 4) is 0 Å². The fourth-order valence-electron chi connectivity index (χ4n) is 8.48. The molecule has 0 aliphatic rings. The molecular formula is C59H109NO5. The molecule has 0 saturated heterocycles. The number of esters is 1. The molecule has 2 unspecified atom stereocenters. The molecule has 0 rings (SSSR count). The van der Waals surface area contributed by atoms with Crippen molar-refractivity contribution in [1.82, 2.24) is 5.32 Å². The fourth-order valence-corrected chi connectivity index (χ4v) is 8.48. The zero-order valence-electron chi connectivity index (χ0n) is 43.2. The van der Waals surface area contributed by atoms with E-state index in [1.165, 1.54) is 180 Å². The summed E-state index contributed by atoms with van der Waals surface area (Å²) < 4.78 is 5.46. The Morgan fingerprint density at radius 2 is 0.815 bits per heavy atom. The third kappa shape index (κ3) is 51.1. The van der Waals surface area contributed by atoms with Crippen molar-refractivity contribution in [3.63, 3.8) is 0 Å². The average Bonchev–Trinajstić information content (AvgIpc) is 3.31. The van der Waals surface area contributed by atoms with Gasteiger partial charge in [-0.05, 0) is 89.9 Å². The van der Waals surface area contributed by atoms with Crippen molar-refractivity contribution in [2.24, 2.45) is 0 Å². The number of aliphatic hydroxyl groups is 2. The molecule has 0 bridgehead atoms. The van der Waals surface area contributed by atoms with Gasteiger partial charge < -0.3 is 20.3 Å². The van der Waals surface area contributed by atoms with Crippen LogP contribution in [-0.2, 0) is 14.3 Å². The Labute approximate surface area is 404 Å². The smallest absolute Gasteiger partial charge is 0.305 e. The average molecular weight is 913 g/mol. The van der Waals surface area contributed by atoms with E-state index in [-0.39, 0.29) is 18.5 Å². The maximum atomic E-state index is 12.4. The first-order chi connectivity index (χ1) is 32.0. The minimum absolute atomic E-state index is 0.0178. The zero-order valence-corrected chi connectivity index (χ0v) is 43.2. The van der Waals surface area contributed by atoms with Gasteiger partial charge >= 0.3 is 5.97 Å². The Kier molecular flexibility index (Phi) is 52.6. The van der Waals surface area contributed by atoms with Crippen LogP contribution >= 0.6 is 0 Å². The minimum Gasteiger partial charge on any atom is -0.466 e. The number of allylic oxidation sites excluding steroid dienone is 8. The van der Waals surface area contributed by atoms with E-state index in [0.29, 0.717) is 25.9 Å². The lowest BCUT2D eigenvalue weighted by atomic mass is 10.0. The number of carbonyl (C=O) groups excluding carboxylic acids is 2. The second-order valence-corrected chi connectivity index (χ2v) is 19.3. The second kappa shape index (κ2) is 54.4. The molecule has 6 nitrogen and oxygen atoms in total. The molecule has 0 aromatic heterocycles. The molecule has 0 fully saturated rings. The van der Waals surface area contributed by atoms with Crippen molar-refractivity contribution < 1.29 is 24.5 Å². The monoisotopic (exact) mass is 912 g/mol. The van der Waals surface area contributed by atoms with Gasteiger partial charge in [-0.3, -0.25) is 9.59 Å². The van der Waals surface area contributed by atoms with E-state index in [9.17, 15) is 19.8 Å². The van der Waals surface area contributed by atoms with Gasteiger partial charge in [0.05, 0.1) is 25.4 Å². The van der Waals surface area contributed by atoms with E-state index in [1.807, 2.05) is 0 Å². The van der Waals surface area contributed by atoms with Gasteiger partial charge in [-0.25, -0.2) is 0 Å². The number of amides is 1. The highest BCUT2D eigenvalue weighted by atomic mass is 16.5. The normalized spacial score (nSPS) is 13.0. The maximum Gasteiger partial charge on any atom is 0.305 e. The summed E-state index contributed by atoms with van der Waals surface area (Å²) in [6.45, 7) is 4.87. The number of rotatable bonds is 52. The summed E-state index contributed by atoms with van der Waals surface area (Å²) in [6.07, 6.45) is 68.2. The Hall–Kier alpha value is -2.18. The summed E-state index contributed by atoms with van der Waals surface area (Å²) in [5.41, 5.74) is 0. The lowest BCUT2D eigenvalue weighted by molar-refractivity contribution is -0.143. The van der Waals surface area contributed by atoms with Crippen LogP contribution in [0.2, 0.25) is 0 Å². The summed E-state index contributed by atoms with van der Waals surface area (Å²) in [4.78, 5) is 24.5. The highest BCUT2D eigenvalue weighted by molar-refractivity contribution is 5.76. The van der Waals surface area contributed by atoms with Gasteiger partial charge in [-0.1, -0.05) is 236 Å². The van der Waals surface area contributed by atoms with Crippen LogP contribution in [0.3, 0.4) is 0 Å². The van der Waals surface area contributed by atoms with Gasteiger partial charge in [-0.15, -0.1) is 0 Å². The number of aliphatic hydroxyl groups excluding tert-OH is 2. The molecule has 380 valence electrons. The van der Waals surface area contributed by atoms with Gasteiger partial charge in [0.25, 0.3) is 0 Å². The summed E-state index contributed by atoms with van der Waals surface area (Å²) >= 11 is 0. The lowest BCUT2D eigenvalue weighted by Gasteiger charge is -2.22. The van der Waals surface area contributed by atoms with Crippen molar-refractivity contribution in [3.05, 3.63) is 48.6 Å². The topological polar surface area (TPSA) is 95.9 Å². The third-order valence-corrected chi connectivity index (χ3v) is 12.9. The second-order valence-electron chi connectivity index (χ2n) is 19.3. The maximum absolute atomic E-state index is 12.4. The van der Waals surface area contributed by atoms with E-state index in [4.69, 9.17) is 4.74 Å². The van der Waals surface area contributed by atoms with Gasteiger partial charge in [0.15, 0.2) is 0 Å². The first kappa shape index (κ1) is 62.8. The highest BCUT2D eigenvalue weighted by Gasteiger charge is 2.20. The van der Waals surface area contributed by atoms with Crippen LogP contribution in [0.15, 0.2) is 48.6 Å².